The average Bonchev–Trinajstić information content (AvgIpc) is 2.55. The maximum Gasteiger partial charge on any atom is 0.253 e. The molecule has 0 spiro atoms. The number of carbonyl (C=O) groups excluding carboxylic acids is 2. The van der Waals surface area contributed by atoms with Gasteiger partial charge in [0.05, 0.1) is 0 Å². The zero-order valence-electron chi connectivity index (χ0n) is 13.9. The van der Waals surface area contributed by atoms with E-state index < -0.39 is 0 Å². The van der Waals surface area contributed by atoms with Crippen molar-refractivity contribution in [2.45, 2.75) is 39.5 Å². The molecule has 0 aliphatic carbocycles. The summed E-state index contributed by atoms with van der Waals surface area (Å²) in [4.78, 5) is 25.8. The van der Waals surface area contributed by atoms with Crippen molar-refractivity contribution in [2.24, 2.45) is 5.92 Å². The van der Waals surface area contributed by atoms with Crippen LogP contribution in [0.15, 0.2) is 18.2 Å². The topological polar surface area (TPSA) is 49.4 Å². The van der Waals surface area contributed by atoms with Crippen molar-refractivity contribution in [1.29, 1.82) is 0 Å². The number of aryl methyl sites for hydroxylation is 1. The van der Waals surface area contributed by atoms with Crippen LogP contribution < -0.4 is 5.32 Å². The zero-order chi connectivity index (χ0) is 16.8. The third-order valence-corrected chi connectivity index (χ3v) is 4.29. The van der Waals surface area contributed by atoms with Gasteiger partial charge in [-0.15, -0.1) is 0 Å². The number of nitrogens with zero attached hydrogens (tertiary/aromatic N) is 1. The Morgan fingerprint density at radius 3 is 2.87 bits per heavy atom. The molecule has 126 valence electrons. The first kappa shape index (κ1) is 17.4. The fourth-order valence-corrected chi connectivity index (χ4v) is 2.90. The van der Waals surface area contributed by atoms with E-state index in [0.717, 1.165) is 19.3 Å². The van der Waals surface area contributed by atoms with Crippen LogP contribution in [0.4, 0.5) is 4.39 Å². The van der Waals surface area contributed by atoms with Gasteiger partial charge in [0.15, 0.2) is 0 Å². The second kappa shape index (κ2) is 8.09. The van der Waals surface area contributed by atoms with E-state index in [1.54, 1.807) is 24.0 Å². The van der Waals surface area contributed by atoms with Crippen molar-refractivity contribution in [3.05, 3.63) is 35.1 Å². The first-order valence-corrected chi connectivity index (χ1v) is 8.33. The third-order valence-electron chi connectivity index (χ3n) is 4.29. The van der Waals surface area contributed by atoms with Gasteiger partial charge in [0.25, 0.3) is 5.91 Å². The van der Waals surface area contributed by atoms with E-state index in [1.165, 1.54) is 6.07 Å². The Morgan fingerprint density at radius 2 is 2.17 bits per heavy atom. The van der Waals surface area contributed by atoms with Crippen molar-refractivity contribution in [3.63, 3.8) is 0 Å². The molecular weight excluding hydrogens is 295 g/mol. The van der Waals surface area contributed by atoms with Crippen molar-refractivity contribution in [2.75, 3.05) is 19.6 Å². The molecule has 4 nitrogen and oxygen atoms in total. The molecule has 0 saturated carbocycles. The van der Waals surface area contributed by atoms with Crippen molar-refractivity contribution < 1.29 is 14.0 Å². The summed E-state index contributed by atoms with van der Waals surface area (Å²) >= 11 is 0. The molecule has 23 heavy (non-hydrogen) atoms. The Morgan fingerprint density at radius 1 is 1.39 bits per heavy atom. The lowest BCUT2D eigenvalue weighted by molar-refractivity contribution is -0.121. The van der Waals surface area contributed by atoms with Gasteiger partial charge in [0, 0.05) is 31.6 Å². The summed E-state index contributed by atoms with van der Waals surface area (Å²) in [5.74, 6) is -0.148. The highest BCUT2D eigenvalue weighted by Gasteiger charge is 2.25. The van der Waals surface area contributed by atoms with Crippen molar-refractivity contribution in [1.82, 2.24) is 10.2 Å². The molecule has 1 saturated heterocycles. The number of halogens is 1. The number of nitrogens with one attached hydrogen (secondary N) is 1. The lowest BCUT2D eigenvalue weighted by Crippen LogP contribution is -2.43. The van der Waals surface area contributed by atoms with Crippen LogP contribution in [0.3, 0.4) is 0 Å². The number of likely N-dealkylation sites (tertiary alicyclic amines) is 1. The maximum atomic E-state index is 13.6. The summed E-state index contributed by atoms with van der Waals surface area (Å²) in [5, 5.41) is 2.93. The quantitative estimate of drug-likeness (QED) is 0.907. The van der Waals surface area contributed by atoms with Gasteiger partial charge in [-0.2, -0.15) is 0 Å². The molecule has 1 aliphatic rings. The average molecular weight is 320 g/mol. The molecule has 1 aromatic carbocycles. The smallest absolute Gasteiger partial charge is 0.253 e. The number of carbonyl (C=O) groups is 2. The molecule has 1 fully saturated rings. The van der Waals surface area contributed by atoms with E-state index in [2.05, 4.69) is 5.32 Å². The predicted molar refractivity (Wildman–Crippen MR) is 87.7 cm³/mol. The van der Waals surface area contributed by atoms with Gasteiger partial charge < -0.3 is 10.2 Å². The first-order valence-electron chi connectivity index (χ1n) is 8.33. The summed E-state index contributed by atoms with van der Waals surface area (Å²) in [6.45, 7) is 5.56. The summed E-state index contributed by atoms with van der Waals surface area (Å²) in [6.07, 6.45) is 3.28. The van der Waals surface area contributed by atoms with E-state index in [1.807, 2.05) is 6.92 Å². The number of hydrogen-bond acceptors (Lipinski definition) is 2. The molecule has 2 rings (SSSR count). The van der Waals surface area contributed by atoms with E-state index in [9.17, 15) is 14.0 Å². The number of benzene rings is 1. The maximum absolute atomic E-state index is 13.6. The molecule has 2 amide bonds. The summed E-state index contributed by atoms with van der Waals surface area (Å²) in [5.41, 5.74) is 0.931. The molecule has 0 aromatic heterocycles. The first-order chi connectivity index (χ1) is 11.0. The second-order valence-corrected chi connectivity index (χ2v) is 6.28. The second-order valence-electron chi connectivity index (χ2n) is 6.28. The Hall–Kier alpha value is -1.91. The molecule has 1 aromatic rings. The highest BCUT2D eigenvalue weighted by Crippen LogP contribution is 2.19. The largest absolute Gasteiger partial charge is 0.356 e. The molecule has 0 radical (unpaired) electrons. The number of piperidine rings is 1. The highest BCUT2D eigenvalue weighted by molar-refractivity contribution is 5.94. The van der Waals surface area contributed by atoms with Gasteiger partial charge in [-0.25, -0.2) is 4.39 Å². The molecule has 1 unspecified atom stereocenters. The van der Waals surface area contributed by atoms with Crippen molar-refractivity contribution in [3.8, 4) is 0 Å². The molecule has 1 heterocycles. The van der Waals surface area contributed by atoms with Crippen LogP contribution in [0.5, 0.6) is 0 Å². The molecule has 0 bridgehead atoms. The molecule has 5 heteroatoms. The van der Waals surface area contributed by atoms with Gasteiger partial charge in [-0.1, -0.05) is 13.0 Å². The molecule has 1 N–H and O–H groups in total. The third kappa shape index (κ3) is 4.78. The van der Waals surface area contributed by atoms with E-state index in [0.29, 0.717) is 37.2 Å². The monoisotopic (exact) mass is 320 g/mol. The number of rotatable bonds is 5. The lowest BCUT2D eigenvalue weighted by Gasteiger charge is -2.33. The minimum absolute atomic E-state index is 0.0663. The van der Waals surface area contributed by atoms with Crippen LogP contribution in [0.2, 0.25) is 0 Å². The van der Waals surface area contributed by atoms with Gasteiger partial charge in [-0.3, -0.25) is 9.59 Å². The summed E-state index contributed by atoms with van der Waals surface area (Å²) < 4.78 is 13.6. The Balaban J connectivity index is 1.93. The van der Waals surface area contributed by atoms with E-state index in [-0.39, 0.29) is 23.5 Å². The van der Waals surface area contributed by atoms with Crippen LogP contribution in [-0.2, 0) is 4.79 Å². The summed E-state index contributed by atoms with van der Waals surface area (Å²) in [6, 6.07) is 4.62. The van der Waals surface area contributed by atoms with Gasteiger partial charge in [0.2, 0.25) is 5.91 Å². The predicted octanol–water partition coefficient (Wildman–Crippen LogP) is 2.90. The van der Waals surface area contributed by atoms with Crippen LogP contribution >= 0.6 is 0 Å². The number of hydrogen-bond donors (Lipinski definition) is 1. The van der Waals surface area contributed by atoms with Gasteiger partial charge in [-0.05, 0) is 49.8 Å². The van der Waals surface area contributed by atoms with Crippen LogP contribution in [-0.4, -0.2) is 36.3 Å². The van der Waals surface area contributed by atoms with E-state index in [4.69, 9.17) is 0 Å². The van der Waals surface area contributed by atoms with Crippen LogP contribution in [0, 0.1) is 18.7 Å². The van der Waals surface area contributed by atoms with Crippen molar-refractivity contribution >= 4 is 11.8 Å². The number of amides is 2. The molecular formula is C18H25FN2O2. The highest BCUT2D eigenvalue weighted by atomic mass is 19.1. The fourth-order valence-electron chi connectivity index (χ4n) is 2.90. The Labute approximate surface area is 137 Å². The van der Waals surface area contributed by atoms with Crippen LogP contribution in [0.25, 0.3) is 0 Å². The molecule has 1 atom stereocenters. The Bertz CT molecular complexity index is 574. The minimum Gasteiger partial charge on any atom is -0.356 e. The zero-order valence-corrected chi connectivity index (χ0v) is 13.9. The molecule has 1 aliphatic heterocycles. The lowest BCUT2D eigenvalue weighted by atomic mass is 9.97. The van der Waals surface area contributed by atoms with Gasteiger partial charge in [0.1, 0.15) is 5.82 Å². The standard InChI is InChI=1S/C18H25FN2O2/c1-3-5-17(22)20-11-14-6-4-9-21(12-14)18(23)15-8-7-13(2)16(19)10-15/h7-8,10,14H,3-6,9,11-12H2,1-2H3,(H,20,22). The van der Waals surface area contributed by atoms with Crippen LogP contribution in [0.1, 0.15) is 48.5 Å². The van der Waals surface area contributed by atoms with E-state index >= 15 is 0 Å². The Kier molecular flexibility index (Phi) is 6.13. The van der Waals surface area contributed by atoms with Gasteiger partial charge >= 0.3 is 0 Å². The summed E-state index contributed by atoms with van der Waals surface area (Å²) in [7, 11) is 0. The fraction of sp³-hybridized carbons (Fsp3) is 0.556. The minimum atomic E-state index is -0.351. The SMILES string of the molecule is CCCC(=O)NCC1CCCN(C(=O)c2ccc(C)c(F)c2)C1. The normalized spacial score (nSPS) is 17.9.